The van der Waals surface area contributed by atoms with Crippen molar-refractivity contribution in [2.75, 3.05) is 36.7 Å². The Kier molecular flexibility index (Phi) is 6.94. The van der Waals surface area contributed by atoms with E-state index in [1.54, 1.807) is 37.3 Å². The van der Waals surface area contributed by atoms with Crippen molar-refractivity contribution in [1.82, 2.24) is 10.2 Å². The van der Waals surface area contributed by atoms with Crippen LogP contribution in [-0.2, 0) is 23.0 Å². The van der Waals surface area contributed by atoms with Crippen molar-refractivity contribution in [3.8, 4) is 5.75 Å². The van der Waals surface area contributed by atoms with Gasteiger partial charge in [0.15, 0.2) is 0 Å². The fraction of sp³-hybridized carbons (Fsp3) is 0.348. The third-order valence-electron chi connectivity index (χ3n) is 5.79. The van der Waals surface area contributed by atoms with Crippen molar-refractivity contribution in [2.45, 2.75) is 19.9 Å². The summed E-state index contributed by atoms with van der Waals surface area (Å²) >= 11 is 6.55. The summed E-state index contributed by atoms with van der Waals surface area (Å²) in [5.41, 5.74) is 1.98. The summed E-state index contributed by atoms with van der Waals surface area (Å²) in [5, 5.41) is 14.2. The number of piperazine rings is 1. The van der Waals surface area contributed by atoms with Crippen LogP contribution in [0.2, 0.25) is 5.02 Å². The molecule has 0 spiro atoms. The van der Waals surface area contributed by atoms with Gasteiger partial charge in [-0.3, -0.25) is 9.62 Å². The molecule has 33 heavy (non-hydrogen) atoms. The van der Waals surface area contributed by atoms with Gasteiger partial charge in [0, 0.05) is 56.2 Å². The Hall–Kier alpha value is -2.59. The maximum Gasteiger partial charge on any atom is 0.340 e. The van der Waals surface area contributed by atoms with Crippen LogP contribution in [0.3, 0.4) is 0 Å². The molecule has 3 aromatic rings. The largest absolute Gasteiger partial charge is 0.508 e. The van der Waals surface area contributed by atoms with E-state index in [0.717, 1.165) is 37.1 Å². The average Bonchev–Trinajstić information content (AvgIpc) is 2.79. The molecule has 4 rings (SSSR count). The Morgan fingerprint density at radius 2 is 1.94 bits per heavy atom. The Morgan fingerprint density at radius 1 is 1.18 bits per heavy atom. The van der Waals surface area contributed by atoms with Crippen molar-refractivity contribution in [3.05, 3.63) is 68.5 Å². The topological polar surface area (TPSA) is 112 Å². The van der Waals surface area contributed by atoms with Gasteiger partial charge in [0.2, 0.25) is 10.0 Å². The number of nitrogens with one attached hydrogen (secondary N) is 2. The van der Waals surface area contributed by atoms with Crippen molar-refractivity contribution in [1.29, 1.82) is 0 Å². The maximum absolute atomic E-state index is 13.0. The average molecular weight is 492 g/mol. The number of rotatable bonds is 7. The molecular weight excluding hydrogens is 466 g/mol. The van der Waals surface area contributed by atoms with Crippen LogP contribution >= 0.6 is 11.6 Å². The molecule has 0 unspecified atom stereocenters. The normalized spacial score (nSPS) is 15.1. The number of aromatic hydroxyl groups is 1. The maximum atomic E-state index is 13.0. The molecule has 1 saturated heterocycles. The minimum absolute atomic E-state index is 0.0190. The number of phenols is 1. The second kappa shape index (κ2) is 9.72. The number of halogens is 1. The molecule has 8 nitrogen and oxygen atoms in total. The molecule has 1 aromatic heterocycles. The van der Waals surface area contributed by atoms with Crippen LogP contribution in [-0.4, -0.2) is 50.4 Å². The number of nitrogens with zero attached hydrogens (tertiary/aromatic N) is 1. The molecule has 2 aromatic carbocycles. The molecular formula is C23H26ClN3O5S. The van der Waals surface area contributed by atoms with Gasteiger partial charge in [0.25, 0.3) is 0 Å². The SMILES string of the molecule is CCS(=O)(=O)Nc1cccc(Cc2c(CN3CCNCC3)c3ccc(O)cc3oc2=O)c1Cl. The Bertz CT molecular complexity index is 1330. The summed E-state index contributed by atoms with van der Waals surface area (Å²) in [6.07, 6.45) is 0.182. The first-order valence-electron chi connectivity index (χ1n) is 10.8. The zero-order valence-corrected chi connectivity index (χ0v) is 19.8. The molecule has 0 bridgehead atoms. The molecule has 0 amide bonds. The molecule has 1 aliphatic rings. The van der Waals surface area contributed by atoms with Gasteiger partial charge in [0.1, 0.15) is 11.3 Å². The molecule has 1 aliphatic heterocycles. The standard InChI is InChI=1S/C23H26ClN3O5S/c1-2-33(30,31)26-20-5-3-4-15(22(20)24)12-18-19(14-27-10-8-25-9-11-27)17-7-6-16(28)13-21(17)32-23(18)29/h3-7,13,25-26,28H,2,8-12,14H2,1H3. The quantitative estimate of drug-likeness (QED) is 0.435. The zero-order valence-electron chi connectivity index (χ0n) is 18.2. The van der Waals surface area contributed by atoms with E-state index in [0.29, 0.717) is 23.3 Å². The lowest BCUT2D eigenvalue weighted by atomic mass is 9.97. The lowest BCUT2D eigenvalue weighted by Gasteiger charge is -2.28. The van der Waals surface area contributed by atoms with E-state index in [1.807, 2.05) is 0 Å². The number of phenolic OH excluding ortho intramolecular Hbond substituents is 1. The van der Waals surface area contributed by atoms with Crippen LogP contribution in [0.15, 0.2) is 45.6 Å². The third kappa shape index (κ3) is 5.33. The molecule has 3 N–H and O–H groups in total. The number of fused-ring (bicyclic) bond motifs is 1. The first kappa shape index (κ1) is 23.6. The van der Waals surface area contributed by atoms with Crippen molar-refractivity contribution in [2.24, 2.45) is 0 Å². The molecule has 0 atom stereocenters. The molecule has 10 heteroatoms. The minimum Gasteiger partial charge on any atom is -0.508 e. The highest BCUT2D eigenvalue weighted by atomic mass is 35.5. The van der Waals surface area contributed by atoms with E-state index in [2.05, 4.69) is 14.9 Å². The van der Waals surface area contributed by atoms with E-state index in [1.165, 1.54) is 6.07 Å². The molecule has 0 radical (unpaired) electrons. The summed E-state index contributed by atoms with van der Waals surface area (Å²) in [4.78, 5) is 15.3. The van der Waals surface area contributed by atoms with Gasteiger partial charge in [-0.1, -0.05) is 23.7 Å². The predicted octanol–water partition coefficient (Wildman–Crippen LogP) is 2.91. The number of benzene rings is 2. The highest BCUT2D eigenvalue weighted by Crippen LogP contribution is 2.31. The van der Waals surface area contributed by atoms with Crippen LogP contribution in [0, 0.1) is 0 Å². The van der Waals surface area contributed by atoms with E-state index in [9.17, 15) is 18.3 Å². The minimum atomic E-state index is -3.50. The smallest absolute Gasteiger partial charge is 0.340 e. The Labute approximate surface area is 197 Å². The molecule has 2 heterocycles. The van der Waals surface area contributed by atoms with Crippen molar-refractivity contribution in [3.63, 3.8) is 0 Å². The van der Waals surface area contributed by atoms with E-state index in [-0.39, 0.29) is 28.6 Å². The molecule has 0 saturated carbocycles. The summed E-state index contributed by atoms with van der Waals surface area (Å²) < 4.78 is 32.1. The summed E-state index contributed by atoms with van der Waals surface area (Å²) in [6.45, 7) is 5.49. The van der Waals surface area contributed by atoms with Crippen LogP contribution in [0.4, 0.5) is 5.69 Å². The van der Waals surface area contributed by atoms with E-state index >= 15 is 0 Å². The van der Waals surface area contributed by atoms with E-state index in [4.69, 9.17) is 16.0 Å². The third-order valence-corrected chi connectivity index (χ3v) is 7.52. The monoisotopic (exact) mass is 491 g/mol. The fourth-order valence-electron chi connectivity index (χ4n) is 3.97. The van der Waals surface area contributed by atoms with Gasteiger partial charge in [-0.25, -0.2) is 13.2 Å². The number of sulfonamides is 1. The zero-order chi connectivity index (χ0) is 23.6. The van der Waals surface area contributed by atoms with Crippen LogP contribution < -0.4 is 15.7 Å². The number of hydrogen-bond donors (Lipinski definition) is 3. The highest BCUT2D eigenvalue weighted by molar-refractivity contribution is 7.92. The predicted molar refractivity (Wildman–Crippen MR) is 130 cm³/mol. The van der Waals surface area contributed by atoms with Crippen LogP contribution in [0.5, 0.6) is 5.75 Å². The van der Waals surface area contributed by atoms with Crippen molar-refractivity contribution >= 4 is 38.3 Å². The fourth-order valence-corrected chi connectivity index (χ4v) is 4.92. The second-order valence-electron chi connectivity index (χ2n) is 8.01. The van der Waals surface area contributed by atoms with Crippen molar-refractivity contribution < 1.29 is 17.9 Å². The Morgan fingerprint density at radius 3 is 2.67 bits per heavy atom. The summed E-state index contributed by atoms with van der Waals surface area (Å²) in [5.74, 6) is -0.0609. The highest BCUT2D eigenvalue weighted by Gasteiger charge is 2.21. The van der Waals surface area contributed by atoms with E-state index < -0.39 is 15.6 Å². The van der Waals surface area contributed by atoms with Crippen LogP contribution in [0.1, 0.15) is 23.6 Å². The van der Waals surface area contributed by atoms with Gasteiger partial charge >= 0.3 is 5.63 Å². The van der Waals surface area contributed by atoms with Gasteiger partial charge < -0.3 is 14.8 Å². The Balaban J connectivity index is 1.79. The summed E-state index contributed by atoms with van der Waals surface area (Å²) in [7, 11) is -3.50. The lowest BCUT2D eigenvalue weighted by molar-refractivity contribution is 0.233. The van der Waals surface area contributed by atoms with Gasteiger partial charge in [-0.05, 0) is 36.2 Å². The van der Waals surface area contributed by atoms with Crippen LogP contribution in [0.25, 0.3) is 11.0 Å². The second-order valence-corrected chi connectivity index (χ2v) is 10.4. The molecule has 176 valence electrons. The summed E-state index contributed by atoms with van der Waals surface area (Å²) in [6, 6.07) is 9.82. The number of hydrogen-bond acceptors (Lipinski definition) is 7. The lowest BCUT2D eigenvalue weighted by Crippen LogP contribution is -2.43. The first-order valence-corrected chi connectivity index (χ1v) is 12.8. The van der Waals surface area contributed by atoms with Gasteiger partial charge in [0.05, 0.1) is 16.5 Å². The van der Waals surface area contributed by atoms with Gasteiger partial charge in [-0.2, -0.15) is 0 Å². The first-order chi connectivity index (χ1) is 15.8. The van der Waals surface area contributed by atoms with Gasteiger partial charge in [-0.15, -0.1) is 0 Å². The molecule has 1 fully saturated rings. The molecule has 0 aliphatic carbocycles. The number of anilines is 1.